The second kappa shape index (κ2) is 10.3. The van der Waals surface area contributed by atoms with E-state index in [1.165, 1.54) is 0 Å². The summed E-state index contributed by atoms with van der Waals surface area (Å²) in [6, 6.07) is 13.6. The molecule has 2 aromatic rings. The van der Waals surface area contributed by atoms with Crippen molar-refractivity contribution >= 4 is 17.6 Å². The highest BCUT2D eigenvalue weighted by atomic mass is 16.5. The van der Waals surface area contributed by atoms with Crippen molar-refractivity contribution in [3.8, 4) is 5.75 Å². The summed E-state index contributed by atoms with van der Waals surface area (Å²) in [7, 11) is 1.96. The third-order valence-electron chi connectivity index (χ3n) is 4.91. The van der Waals surface area contributed by atoms with E-state index in [2.05, 4.69) is 18.5 Å². The number of hydrogen-bond acceptors (Lipinski definition) is 5. The fourth-order valence-electron chi connectivity index (χ4n) is 3.39. The number of rotatable bonds is 9. The summed E-state index contributed by atoms with van der Waals surface area (Å²) in [5.41, 5.74) is 2.50. The molecule has 1 atom stereocenters. The Kier molecular flexibility index (Phi) is 7.33. The number of carbonyl (C=O) groups is 2. The van der Waals surface area contributed by atoms with Gasteiger partial charge in [-0.25, -0.2) is 0 Å². The van der Waals surface area contributed by atoms with E-state index < -0.39 is 5.97 Å². The molecule has 1 aliphatic heterocycles. The topological polar surface area (TPSA) is 88.1 Å². The van der Waals surface area contributed by atoms with Crippen molar-refractivity contribution in [3.05, 3.63) is 96.4 Å². The van der Waals surface area contributed by atoms with Gasteiger partial charge in [-0.1, -0.05) is 25.3 Å². The Hall–Kier alpha value is -4.00. The van der Waals surface area contributed by atoms with Crippen LogP contribution in [-0.4, -0.2) is 48.2 Å². The van der Waals surface area contributed by atoms with Crippen molar-refractivity contribution in [2.75, 3.05) is 25.5 Å². The van der Waals surface area contributed by atoms with Crippen LogP contribution in [0.15, 0.2) is 85.3 Å². The fourth-order valence-corrected chi connectivity index (χ4v) is 3.39. The van der Waals surface area contributed by atoms with Crippen molar-refractivity contribution in [1.29, 1.82) is 0 Å². The molecular formula is C25H26N2O5. The molecule has 0 saturated heterocycles. The molecule has 0 radical (unpaired) electrons. The second-order valence-electron chi connectivity index (χ2n) is 7.34. The lowest BCUT2D eigenvalue weighted by Crippen LogP contribution is -2.39. The largest absolute Gasteiger partial charge is 0.490 e. The van der Waals surface area contributed by atoms with Gasteiger partial charge in [0, 0.05) is 18.3 Å². The standard InChI is InChI=1S/C25H26N2O5/c1-4-22-23(5-2)32-21(15-27(22)3)16-31-20-11-9-18(10-12-20)25(30)26-19-8-6-7-17(13-19)14-24(28)29/h4-13,21H,1-2,14-16H2,3H3,(H,26,30)(H,28,29). The highest BCUT2D eigenvalue weighted by Gasteiger charge is 2.23. The van der Waals surface area contributed by atoms with Crippen LogP contribution in [0.5, 0.6) is 5.75 Å². The van der Waals surface area contributed by atoms with Crippen LogP contribution in [0.3, 0.4) is 0 Å². The Bertz CT molecular complexity index is 1040. The van der Waals surface area contributed by atoms with Crippen LogP contribution in [0, 0.1) is 0 Å². The van der Waals surface area contributed by atoms with Crippen LogP contribution in [0.4, 0.5) is 5.69 Å². The quantitative estimate of drug-likeness (QED) is 0.623. The highest BCUT2D eigenvalue weighted by Crippen LogP contribution is 2.22. The third-order valence-corrected chi connectivity index (χ3v) is 4.91. The van der Waals surface area contributed by atoms with Gasteiger partial charge >= 0.3 is 5.97 Å². The van der Waals surface area contributed by atoms with E-state index in [1.807, 2.05) is 11.9 Å². The average Bonchev–Trinajstić information content (AvgIpc) is 2.77. The molecule has 0 spiro atoms. The number of benzene rings is 2. The number of nitrogens with one attached hydrogen (secondary N) is 1. The molecule has 1 aliphatic rings. The van der Waals surface area contributed by atoms with Gasteiger partial charge in [-0.2, -0.15) is 0 Å². The number of likely N-dealkylation sites (N-methyl/N-ethyl adjacent to an activating group) is 1. The predicted molar refractivity (Wildman–Crippen MR) is 123 cm³/mol. The molecule has 0 bridgehead atoms. The maximum atomic E-state index is 12.5. The SMILES string of the molecule is C=CC1=C(C=C)N(C)CC(COc2ccc(C(=O)Nc3cccc(CC(=O)O)c3)cc2)O1. The zero-order valence-electron chi connectivity index (χ0n) is 17.9. The van der Waals surface area contributed by atoms with Gasteiger partial charge in [0.25, 0.3) is 5.91 Å². The van der Waals surface area contributed by atoms with Crippen LogP contribution in [0.2, 0.25) is 0 Å². The number of amides is 1. The van der Waals surface area contributed by atoms with Crippen molar-refractivity contribution in [2.45, 2.75) is 12.5 Å². The number of carboxylic acids is 1. The Balaban J connectivity index is 1.57. The van der Waals surface area contributed by atoms with E-state index in [4.69, 9.17) is 14.6 Å². The number of carbonyl (C=O) groups excluding carboxylic acids is 1. The summed E-state index contributed by atoms with van der Waals surface area (Å²) in [5.74, 6) is 0.0721. The molecule has 7 nitrogen and oxygen atoms in total. The number of hydrogen-bond donors (Lipinski definition) is 2. The van der Waals surface area contributed by atoms with Gasteiger partial charge in [0.1, 0.15) is 24.2 Å². The first-order valence-corrected chi connectivity index (χ1v) is 10.1. The van der Waals surface area contributed by atoms with Crippen LogP contribution >= 0.6 is 0 Å². The molecule has 2 aromatic carbocycles. The average molecular weight is 434 g/mol. The highest BCUT2D eigenvalue weighted by molar-refractivity contribution is 6.04. The lowest BCUT2D eigenvalue weighted by atomic mass is 10.1. The second-order valence-corrected chi connectivity index (χ2v) is 7.34. The maximum absolute atomic E-state index is 12.5. The molecule has 32 heavy (non-hydrogen) atoms. The van der Waals surface area contributed by atoms with Crippen molar-refractivity contribution in [1.82, 2.24) is 4.90 Å². The number of carboxylic acid groups (broad SMARTS) is 1. The molecular weight excluding hydrogens is 408 g/mol. The minimum absolute atomic E-state index is 0.102. The summed E-state index contributed by atoms with van der Waals surface area (Å²) >= 11 is 0. The molecule has 2 N–H and O–H groups in total. The van der Waals surface area contributed by atoms with Crippen molar-refractivity contribution < 1.29 is 24.2 Å². The molecule has 0 saturated carbocycles. The minimum Gasteiger partial charge on any atom is -0.490 e. The first-order chi connectivity index (χ1) is 15.4. The van der Waals surface area contributed by atoms with Gasteiger partial charge in [0.2, 0.25) is 0 Å². The Morgan fingerprint density at radius 1 is 1.22 bits per heavy atom. The Morgan fingerprint density at radius 2 is 1.97 bits per heavy atom. The molecule has 1 unspecified atom stereocenters. The lowest BCUT2D eigenvalue weighted by molar-refractivity contribution is -0.136. The van der Waals surface area contributed by atoms with Crippen LogP contribution in [0.1, 0.15) is 15.9 Å². The van der Waals surface area contributed by atoms with Gasteiger partial charge in [-0.3, -0.25) is 9.59 Å². The van der Waals surface area contributed by atoms with Gasteiger partial charge in [-0.05, 0) is 54.1 Å². The molecule has 166 valence electrons. The summed E-state index contributed by atoms with van der Waals surface area (Å²) < 4.78 is 11.8. The molecule has 0 fully saturated rings. The Morgan fingerprint density at radius 3 is 2.62 bits per heavy atom. The third kappa shape index (κ3) is 5.78. The normalized spacial score (nSPS) is 15.5. The van der Waals surface area contributed by atoms with Gasteiger partial charge < -0.3 is 24.8 Å². The summed E-state index contributed by atoms with van der Waals surface area (Å²) in [4.78, 5) is 25.4. The van der Waals surface area contributed by atoms with Gasteiger partial charge in [0.15, 0.2) is 0 Å². The van der Waals surface area contributed by atoms with Crippen LogP contribution in [-0.2, 0) is 16.0 Å². The summed E-state index contributed by atoms with van der Waals surface area (Å²) in [5, 5.41) is 11.7. The molecule has 7 heteroatoms. The van der Waals surface area contributed by atoms with E-state index in [0.29, 0.717) is 41.5 Å². The first kappa shape index (κ1) is 22.7. The number of aliphatic carboxylic acids is 1. The van der Waals surface area contributed by atoms with E-state index >= 15 is 0 Å². The monoisotopic (exact) mass is 434 g/mol. The number of anilines is 1. The molecule has 1 amide bonds. The number of ether oxygens (including phenoxy) is 2. The number of allylic oxidation sites excluding steroid dienone is 2. The molecule has 3 rings (SSSR count). The smallest absolute Gasteiger partial charge is 0.307 e. The van der Waals surface area contributed by atoms with Gasteiger partial charge in [-0.15, -0.1) is 0 Å². The van der Waals surface area contributed by atoms with E-state index in [-0.39, 0.29) is 18.4 Å². The minimum atomic E-state index is -0.924. The van der Waals surface area contributed by atoms with Crippen molar-refractivity contribution in [3.63, 3.8) is 0 Å². The summed E-state index contributed by atoms with van der Waals surface area (Å²) in [6.45, 7) is 8.58. The van der Waals surface area contributed by atoms with Crippen molar-refractivity contribution in [2.24, 2.45) is 0 Å². The fraction of sp³-hybridized carbons (Fsp3) is 0.200. The zero-order valence-corrected chi connectivity index (χ0v) is 17.9. The Labute approximate surface area is 187 Å². The van der Waals surface area contributed by atoms with E-state index in [1.54, 1.807) is 60.7 Å². The van der Waals surface area contributed by atoms with Crippen LogP contribution in [0.25, 0.3) is 0 Å². The summed E-state index contributed by atoms with van der Waals surface area (Å²) in [6.07, 6.45) is 3.12. The zero-order chi connectivity index (χ0) is 23.1. The lowest BCUT2D eigenvalue weighted by Gasteiger charge is -2.33. The maximum Gasteiger partial charge on any atom is 0.307 e. The van der Waals surface area contributed by atoms with Gasteiger partial charge in [0.05, 0.1) is 18.7 Å². The number of nitrogens with zero attached hydrogens (tertiary/aromatic N) is 1. The van der Waals surface area contributed by atoms with E-state index in [9.17, 15) is 9.59 Å². The molecule has 1 heterocycles. The first-order valence-electron chi connectivity index (χ1n) is 10.1. The van der Waals surface area contributed by atoms with Crippen LogP contribution < -0.4 is 10.1 Å². The molecule has 0 aliphatic carbocycles. The predicted octanol–water partition coefficient (Wildman–Crippen LogP) is 3.86. The molecule has 0 aromatic heterocycles. The van der Waals surface area contributed by atoms with E-state index in [0.717, 1.165) is 5.70 Å².